The molecule has 0 saturated heterocycles. The zero-order chi connectivity index (χ0) is 12.0. The maximum absolute atomic E-state index is 4.65. The molecule has 0 radical (unpaired) electrons. The van der Waals surface area contributed by atoms with Gasteiger partial charge in [0.1, 0.15) is 0 Å². The smallest absolute Gasteiger partial charge is 0.0929 e. The van der Waals surface area contributed by atoms with Gasteiger partial charge in [0.2, 0.25) is 0 Å². The molecule has 1 heterocycles. The highest BCUT2D eigenvalue weighted by Gasteiger charge is 2.14. The monoisotopic (exact) mass is 224 g/mol. The second-order valence-electron chi connectivity index (χ2n) is 5.50. The number of aromatic nitrogens is 2. The Morgan fingerprint density at radius 2 is 1.59 bits per heavy atom. The van der Waals surface area contributed by atoms with Gasteiger partial charge < -0.3 is 0 Å². The van der Waals surface area contributed by atoms with Crippen molar-refractivity contribution in [3.05, 3.63) is 42.6 Å². The van der Waals surface area contributed by atoms with E-state index in [-0.39, 0.29) is 5.54 Å². The van der Waals surface area contributed by atoms with Crippen LogP contribution in [0.1, 0.15) is 20.8 Å². The third kappa shape index (κ3) is 1.70. The second kappa shape index (κ2) is 3.33. The molecule has 86 valence electrons. The second-order valence-corrected chi connectivity index (χ2v) is 5.50. The van der Waals surface area contributed by atoms with E-state index in [1.165, 1.54) is 16.2 Å². The van der Waals surface area contributed by atoms with Gasteiger partial charge in [-0.15, -0.1) is 0 Å². The standard InChI is InChI=1S/C15H16N2/c1-15(2,3)17-10-13-8-11-6-4-5-7-12(11)9-14(13)16-17/h4-10H,1-3H3. The number of nitrogens with zero attached hydrogens (tertiary/aromatic N) is 2. The van der Waals surface area contributed by atoms with Crippen LogP contribution < -0.4 is 0 Å². The van der Waals surface area contributed by atoms with Crippen LogP contribution in [0.15, 0.2) is 42.6 Å². The average Bonchev–Trinajstić information content (AvgIpc) is 2.68. The van der Waals surface area contributed by atoms with Crippen molar-refractivity contribution in [3.63, 3.8) is 0 Å². The average molecular weight is 224 g/mol. The van der Waals surface area contributed by atoms with E-state index in [0.29, 0.717) is 0 Å². The van der Waals surface area contributed by atoms with E-state index >= 15 is 0 Å². The predicted molar refractivity (Wildman–Crippen MR) is 72.2 cm³/mol. The molecule has 0 bridgehead atoms. The lowest BCUT2D eigenvalue weighted by atomic mass is 10.1. The van der Waals surface area contributed by atoms with Crippen LogP contribution in [0.3, 0.4) is 0 Å². The Bertz CT molecular complexity index is 634. The van der Waals surface area contributed by atoms with Crippen molar-refractivity contribution in [2.24, 2.45) is 0 Å². The van der Waals surface area contributed by atoms with Gasteiger partial charge >= 0.3 is 0 Å². The summed E-state index contributed by atoms with van der Waals surface area (Å²) in [7, 11) is 0. The summed E-state index contributed by atoms with van der Waals surface area (Å²) in [5.41, 5.74) is 1.10. The highest BCUT2D eigenvalue weighted by atomic mass is 15.3. The van der Waals surface area contributed by atoms with E-state index in [1.54, 1.807) is 0 Å². The molecule has 1 aromatic heterocycles. The van der Waals surface area contributed by atoms with Crippen molar-refractivity contribution in [2.45, 2.75) is 26.3 Å². The van der Waals surface area contributed by atoms with Gasteiger partial charge in [0.05, 0.1) is 11.1 Å². The molecule has 0 aliphatic carbocycles. The van der Waals surface area contributed by atoms with Crippen molar-refractivity contribution >= 4 is 21.7 Å². The lowest BCUT2D eigenvalue weighted by molar-refractivity contribution is 0.358. The molecular formula is C15H16N2. The highest BCUT2D eigenvalue weighted by molar-refractivity contribution is 5.96. The molecule has 0 amide bonds. The lowest BCUT2D eigenvalue weighted by Crippen LogP contribution is -2.21. The molecule has 0 aliphatic rings. The van der Waals surface area contributed by atoms with Crippen LogP contribution in [0, 0.1) is 0 Å². The van der Waals surface area contributed by atoms with Crippen LogP contribution in [0.2, 0.25) is 0 Å². The topological polar surface area (TPSA) is 17.8 Å². The summed E-state index contributed by atoms with van der Waals surface area (Å²) >= 11 is 0. The van der Waals surface area contributed by atoms with Crippen LogP contribution in [0.5, 0.6) is 0 Å². The van der Waals surface area contributed by atoms with Crippen molar-refractivity contribution in [2.75, 3.05) is 0 Å². The Hall–Kier alpha value is -1.83. The largest absolute Gasteiger partial charge is 0.266 e. The third-order valence-electron chi connectivity index (χ3n) is 3.06. The van der Waals surface area contributed by atoms with Crippen molar-refractivity contribution in [1.29, 1.82) is 0 Å². The van der Waals surface area contributed by atoms with Gasteiger partial charge in [0.15, 0.2) is 0 Å². The fraction of sp³-hybridized carbons (Fsp3) is 0.267. The molecule has 3 rings (SSSR count). The van der Waals surface area contributed by atoms with Gasteiger partial charge in [-0.3, -0.25) is 4.68 Å². The lowest BCUT2D eigenvalue weighted by Gasteiger charge is -2.18. The van der Waals surface area contributed by atoms with Crippen LogP contribution >= 0.6 is 0 Å². The summed E-state index contributed by atoms with van der Waals surface area (Å²) in [6.07, 6.45) is 2.13. The van der Waals surface area contributed by atoms with E-state index in [9.17, 15) is 0 Å². The molecule has 0 spiro atoms. The molecule has 0 fully saturated rings. The molecule has 0 saturated carbocycles. The summed E-state index contributed by atoms with van der Waals surface area (Å²) in [4.78, 5) is 0. The Morgan fingerprint density at radius 1 is 0.941 bits per heavy atom. The minimum atomic E-state index is 0.0329. The van der Waals surface area contributed by atoms with E-state index in [2.05, 4.69) is 68.5 Å². The summed E-state index contributed by atoms with van der Waals surface area (Å²) in [6.45, 7) is 6.50. The van der Waals surface area contributed by atoms with E-state index in [4.69, 9.17) is 0 Å². The van der Waals surface area contributed by atoms with Crippen molar-refractivity contribution < 1.29 is 0 Å². The number of fused-ring (bicyclic) bond motifs is 2. The predicted octanol–water partition coefficient (Wildman–Crippen LogP) is 3.94. The number of rotatable bonds is 0. The maximum Gasteiger partial charge on any atom is 0.0929 e. The van der Waals surface area contributed by atoms with Gasteiger partial charge in [0.25, 0.3) is 0 Å². The molecule has 0 N–H and O–H groups in total. The van der Waals surface area contributed by atoms with Crippen LogP contribution in [0.25, 0.3) is 21.7 Å². The van der Waals surface area contributed by atoms with Crippen LogP contribution in [-0.4, -0.2) is 9.78 Å². The van der Waals surface area contributed by atoms with Gasteiger partial charge in [0, 0.05) is 11.6 Å². The third-order valence-corrected chi connectivity index (χ3v) is 3.06. The first-order valence-electron chi connectivity index (χ1n) is 5.93. The van der Waals surface area contributed by atoms with Gasteiger partial charge in [-0.2, -0.15) is 5.10 Å². The normalized spacial score (nSPS) is 12.4. The van der Waals surface area contributed by atoms with Crippen LogP contribution in [0.4, 0.5) is 0 Å². The number of hydrogen-bond donors (Lipinski definition) is 0. The summed E-state index contributed by atoms with van der Waals surface area (Å²) in [5.74, 6) is 0. The Balaban J connectivity index is 2.32. The van der Waals surface area contributed by atoms with Crippen LogP contribution in [-0.2, 0) is 5.54 Å². The highest BCUT2D eigenvalue weighted by Crippen LogP contribution is 2.24. The molecule has 17 heavy (non-hydrogen) atoms. The molecule has 0 atom stereocenters. The SMILES string of the molecule is CC(C)(C)n1cc2cc3ccccc3cc2n1. The first-order valence-corrected chi connectivity index (χ1v) is 5.93. The zero-order valence-corrected chi connectivity index (χ0v) is 10.4. The maximum atomic E-state index is 4.65. The van der Waals surface area contributed by atoms with Crippen molar-refractivity contribution in [1.82, 2.24) is 9.78 Å². The molecule has 2 heteroatoms. The number of hydrogen-bond acceptors (Lipinski definition) is 1. The molecule has 2 aromatic carbocycles. The van der Waals surface area contributed by atoms with Gasteiger partial charge in [-0.25, -0.2) is 0 Å². The Kier molecular flexibility index (Phi) is 2.02. The van der Waals surface area contributed by atoms with Crippen molar-refractivity contribution in [3.8, 4) is 0 Å². The van der Waals surface area contributed by atoms with E-state index < -0.39 is 0 Å². The number of benzene rings is 2. The Morgan fingerprint density at radius 3 is 2.24 bits per heavy atom. The summed E-state index contributed by atoms with van der Waals surface area (Å²) < 4.78 is 2.04. The molecule has 3 aromatic rings. The summed E-state index contributed by atoms with van der Waals surface area (Å²) in [6, 6.07) is 12.8. The first kappa shape index (κ1) is 10.3. The van der Waals surface area contributed by atoms with Gasteiger partial charge in [-0.05, 0) is 43.7 Å². The molecule has 0 unspecified atom stereocenters. The molecular weight excluding hydrogens is 208 g/mol. The van der Waals surface area contributed by atoms with Gasteiger partial charge in [-0.1, -0.05) is 24.3 Å². The first-order chi connectivity index (χ1) is 8.04. The minimum Gasteiger partial charge on any atom is -0.266 e. The summed E-state index contributed by atoms with van der Waals surface area (Å²) in [5, 5.41) is 8.38. The molecule has 2 nitrogen and oxygen atoms in total. The van der Waals surface area contributed by atoms with E-state index in [0.717, 1.165) is 5.52 Å². The fourth-order valence-corrected chi connectivity index (χ4v) is 2.06. The fourth-order valence-electron chi connectivity index (χ4n) is 2.06. The zero-order valence-electron chi connectivity index (χ0n) is 10.4. The Labute approximate surface area is 101 Å². The molecule has 0 aliphatic heterocycles. The van der Waals surface area contributed by atoms with E-state index in [1.807, 2.05) is 4.68 Å². The quantitative estimate of drug-likeness (QED) is 0.565. The minimum absolute atomic E-state index is 0.0329.